The molecule has 1 saturated heterocycles. The first kappa shape index (κ1) is 25.2. The van der Waals surface area contributed by atoms with E-state index in [0.717, 1.165) is 12.8 Å². The lowest BCUT2D eigenvalue weighted by atomic mass is 9.84. The van der Waals surface area contributed by atoms with Crippen LogP contribution < -0.4 is 5.30 Å². The predicted molar refractivity (Wildman–Crippen MR) is 125 cm³/mol. The van der Waals surface area contributed by atoms with Crippen molar-refractivity contribution in [3.63, 3.8) is 0 Å². The maximum absolute atomic E-state index is 13.0. The van der Waals surface area contributed by atoms with E-state index in [-0.39, 0.29) is 28.6 Å². The van der Waals surface area contributed by atoms with E-state index >= 15 is 0 Å². The van der Waals surface area contributed by atoms with Gasteiger partial charge in [-0.25, -0.2) is 4.79 Å². The number of rotatable bonds is 7. The third-order valence-electron chi connectivity index (χ3n) is 6.23. The zero-order chi connectivity index (χ0) is 24.4. The number of hydrogen-bond acceptors (Lipinski definition) is 8. The second-order valence-electron chi connectivity index (χ2n) is 8.18. The van der Waals surface area contributed by atoms with Crippen LogP contribution in [0.1, 0.15) is 55.4 Å². The van der Waals surface area contributed by atoms with Gasteiger partial charge in [-0.3, -0.25) is 15.1 Å². The molecule has 1 aromatic heterocycles. The first-order valence-electron chi connectivity index (χ1n) is 11.0. The maximum atomic E-state index is 13.0. The van der Waals surface area contributed by atoms with E-state index in [1.165, 1.54) is 18.2 Å². The maximum Gasteiger partial charge on any atom is 0.448 e. The third kappa shape index (κ3) is 4.77. The van der Waals surface area contributed by atoms with Crippen LogP contribution in [0, 0.1) is 29.4 Å². The Bertz CT molecular complexity index is 1060. The van der Waals surface area contributed by atoms with Crippen molar-refractivity contribution in [1.29, 1.82) is 0 Å². The fourth-order valence-electron chi connectivity index (χ4n) is 4.01. The van der Waals surface area contributed by atoms with E-state index in [9.17, 15) is 19.8 Å². The number of hydrogen-bond donors (Lipinski definition) is 1. The highest BCUT2D eigenvalue weighted by atomic mass is 31.2. The highest BCUT2D eigenvalue weighted by molar-refractivity contribution is 7.69. The zero-order valence-corrected chi connectivity index (χ0v) is 20.5. The number of carbonyl (C=O) groups excluding carboxylic acids is 1. The van der Waals surface area contributed by atoms with Gasteiger partial charge in [0, 0.05) is 17.5 Å². The van der Waals surface area contributed by atoms with Crippen LogP contribution in [0.5, 0.6) is 0 Å². The van der Waals surface area contributed by atoms with Crippen LogP contribution in [0.4, 0.5) is 5.69 Å². The minimum atomic E-state index is -3.65. The van der Waals surface area contributed by atoms with Gasteiger partial charge < -0.3 is 4.74 Å². The Morgan fingerprint density at radius 1 is 1.21 bits per heavy atom. The van der Waals surface area contributed by atoms with Crippen molar-refractivity contribution in [2.75, 3.05) is 19.8 Å². The molecule has 0 atom stereocenters. The summed E-state index contributed by atoms with van der Waals surface area (Å²) in [4.78, 5) is 40.0. The van der Waals surface area contributed by atoms with Crippen LogP contribution in [-0.4, -0.2) is 40.6 Å². The number of nitro benzene ring substituents is 1. The van der Waals surface area contributed by atoms with Gasteiger partial charge >= 0.3 is 13.9 Å². The number of esters is 1. The topological polar surface area (TPSA) is 121 Å². The molecule has 1 aromatic carbocycles. The SMILES string of the molecule is CCOC(=O)c1c(C)nc(C)c([P+]2(O)OCC(CC)(CC)CO2)c1-c1cccc([N+](=O)[O-])c1. The molecule has 0 saturated carbocycles. The monoisotopic (exact) mass is 477 g/mol. The standard InChI is InChI=1S/C23H30N2O7P/c1-6-23(7-2)13-31-33(29,32-14-23)21-16(5)24-15(4)19(22(26)30-8-3)20(21)17-10-9-11-18(12-17)25(27)28/h9-12,29H,6-8,13-14H2,1-5H3/q+1. The van der Waals surface area contributed by atoms with Gasteiger partial charge in [0.1, 0.15) is 13.2 Å². The average Bonchev–Trinajstić information content (AvgIpc) is 2.79. The molecule has 2 aromatic rings. The lowest BCUT2D eigenvalue weighted by Gasteiger charge is -2.36. The number of carbonyl (C=O) groups is 1. The molecule has 0 aliphatic carbocycles. The first-order chi connectivity index (χ1) is 15.6. The predicted octanol–water partition coefficient (Wildman–Crippen LogP) is 4.68. The van der Waals surface area contributed by atoms with Crippen molar-refractivity contribution in [1.82, 2.24) is 4.98 Å². The molecule has 33 heavy (non-hydrogen) atoms. The molecule has 2 heterocycles. The molecule has 10 heteroatoms. The lowest BCUT2D eigenvalue weighted by Crippen LogP contribution is -2.39. The first-order valence-corrected chi connectivity index (χ1v) is 12.5. The van der Waals surface area contributed by atoms with Crippen LogP contribution >= 0.6 is 7.94 Å². The van der Waals surface area contributed by atoms with Crippen LogP contribution in [0.25, 0.3) is 11.1 Å². The number of ether oxygens (including phenoxy) is 1. The molecule has 0 spiro atoms. The Morgan fingerprint density at radius 2 is 1.85 bits per heavy atom. The summed E-state index contributed by atoms with van der Waals surface area (Å²) in [7, 11) is -3.65. The van der Waals surface area contributed by atoms with Gasteiger partial charge in [-0.05, 0) is 39.2 Å². The van der Waals surface area contributed by atoms with Gasteiger partial charge in [-0.2, -0.15) is 13.9 Å². The number of non-ortho nitro benzene ring substituents is 1. The zero-order valence-electron chi connectivity index (χ0n) is 19.6. The summed E-state index contributed by atoms with van der Waals surface area (Å²) in [5.74, 6) is -0.634. The number of pyridine rings is 1. The summed E-state index contributed by atoms with van der Waals surface area (Å²) in [6.45, 7) is 9.86. The molecule has 3 rings (SSSR count). The Hall–Kier alpha value is -2.45. The molecule has 0 bridgehead atoms. The van der Waals surface area contributed by atoms with Crippen LogP contribution in [0.3, 0.4) is 0 Å². The van der Waals surface area contributed by atoms with Crippen molar-refractivity contribution in [2.45, 2.75) is 47.5 Å². The molecular formula is C23H30N2O7P+. The average molecular weight is 477 g/mol. The van der Waals surface area contributed by atoms with E-state index in [1.54, 1.807) is 26.8 Å². The van der Waals surface area contributed by atoms with Gasteiger partial charge in [0.2, 0.25) is 5.30 Å². The molecule has 1 aliphatic heterocycles. The van der Waals surface area contributed by atoms with Crippen molar-refractivity contribution in [3.8, 4) is 11.1 Å². The number of aromatic nitrogens is 1. The van der Waals surface area contributed by atoms with Gasteiger partial charge in [0.15, 0.2) is 0 Å². The Labute approximate surface area is 193 Å². The van der Waals surface area contributed by atoms with Crippen molar-refractivity contribution < 1.29 is 28.4 Å². The van der Waals surface area contributed by atoms with E-state index in [0.29, 0.717) is 35.7 Å². The van der Waals surface area contributed by atoms with Gasteiger partial charge in [0.05, 0.1) is 34.0 Å². The summed E-state index contributed by atoms with van der Waals surface area (Å²) in [6.07, 6.45) is 1.64. The van der Waals surface area contributed by atoms with E-state index < -0.39 is 18.8 Å². The summed E-state index contributed by atoms with van der Waals surface area (Å²) in [5.41, 5.74) is 1.24. The third-order valence-corrected chi connectivity index (χ3v) is 8.30. The smallest absolute Gasteiger partial charge is 0.448 e. The Kier molecular flexibility index (Phi) is 7.49. The molecular weight excluding hydrogens is 447 g/mol. The van der Waals surface area contributed by atoms with Crippen LogP contribution in [0.15, 0.2) is 24.3 Å². The fraction of sp³-hybridized carbons (Fsp3) is 0.478. The van der Waals surface area contributed by atoms with Gasteiger partial charge in [0.25, 0.3) is 5.69 Å². The van der Waals surface area contributed by atoms with E-state index in [4.69, 9.17) is 13.8 Å². The number of nitrogens with zero attached hydrogens (tertiary/aromatic N) is 2. The Morgan fingerprint density at radius 3 is 2.39 bits per heavy atom. The number of nitro groups is 1. The molecule has 0 amide bonds. The molecule has 1 aliphatic rings. The molecule has 178 valence electrons. The van der Waals surface area contributed by atoms with Gasteiger partial charge in [-0.1, -0.05) is 26.0 Å². The fourth-order valence-corrected chi connectivity index (χ4v) is 6.22. The van der Waals surface area contributed by atoms with Crippen LogP contribution in [-0.2, 0) is 13.8 Å². The molecule has 0 radical (unpaired) electrons. The lowest BCUT2D eigenvalue weighted by molar-refractivity contribution is -0.384. The summed E-state index contributed by atoms with van der Waals surface area (Å²) in [5, 5.41) is 11.7. The quantitative estimate of drug-likeness (QED) is 0.264. The molecule has 1 N–H and O–H groups in total. The second-order valence-corrected chi connectivity index (χ2v) is 10.2. The minimum Gasteiger partial charge on any atom is -0.462 e. The highest BCUT2D eigenvalue weighted by Gasteiger charge is 2.56. The highest BCUT2D eigenvalue weighted by Crippen LogP contribution is 2.63. The second kappa shape index (κ2) is 9.81. The van der Waals surface area contributed by atoms with Crippen LogP contribution in [0.2, 0.25) is 0 Å². The van der Waals surface area contributed by atoms with Crippen molar-refractivity contribution in [3.05, 3.63) is 51.3 Å². The summed E-state index contributed by atoms with van der Waals surface area (Å²) in [6, 6.07) is 5.90. The number of benzene rings is 1. The number of aryl methyl sites for hydroxylation is 2. The normalized spacial score (nSPS) is 16.9. The van der Waals surface area contributed by atoms with Crippen molar-refractivity contribution >= 4 is 24.9 Å². The molecule has 1 fully saturated rings. The van der Waals surface area contributed by atoms with Gasteiger partial charge in [-0.15, -0.1) is 0 Å². The minimum absolute atomic E-state index is 0.126. The molecule has 9 nitrogen and oxygen atoms in total. The summed E-state index contributed by atoms with van der Waals surface area (Å²) >= 11 is 0. The van der Waals surface area contributed by atoms with E-state index in [2.05, 4.69) is 4.98 Å². The largest absolute Gasteiger partial charge is 0.462 e. The molecule has 0 unspecified atom stereocenters. The van der Waals surface area contributed by atoms with Crippen molar-refractivity contribution in [2.24, 2.45) is 5.41 Å². The van der Waals surface area contributed by atoms with E-state index in [1.807, 2.05) is 13.8 Å². The Balaban J connectivity index is 2.28. The summed E-state index contributed by atoms with van der Waals surface area (Å²) < 4.78 is 17.3.